The zero-order valence-electron chi connectivity index (χ0n) is 15.4. The minimum absolute atomic E-state index is 0.0510. The van der Waals surface area contributed by atoms with E-state index in [9.17, 15) is 9.90 Å². The van der Waals surface area contributed by atoms with Gasteiger partial charge in [-0.3, -0.25) is 9.78 Å². The molecule has 2 heterocycles. The van der Waals surface area contributed by atoms with Gasteiger partial charge in [0.05, 0.1) is 11.6 Å². The summed E-state index contributed by atoms with van der Waals surface area (Å²) in [4.78, 5) is 19.3. The van der Waals surface area contributed by atoms with Crippen LogP contribution in [0.15, 0.2) is 36.4 Å². The maximum absolute atomic E-state index is 12.8. The highest BCUT2D eigenvalue weighted by atomic mass is 16.3. The van der Waals surface area contributed by atoms with Crippen LogP contribution in [0.4, 0.5) is 0 Å². The van der Waals surface area contributed by atoms with Gasteiger partial charge in [0.1, 0.15) is 0 Å². The molecule has 0 bridgehead atoms. The third-order valence-electron chi connectivity index (χ3n) is 5.28. The molecular formula is C21H28N2O2. The molecule has 1 aromatic carbocycles. The van der Waals surface area contributed by atoms with E-state index in [4.69, 9.17) is 4.98 Å². The lowest BCUT2D eigenvalue weighted by Gasteiger charge is -2.29. The first kappa shape index (κ1) is 17.9. The number of β-amino-alcohol motifs (C(OH)–C–C–N with tert-alkyl or cyclic N) is 1. The number of hydrogen-bond donors (Lipinski definition) is 1. The number of aliphatic hydroxyl groups is 1. The molecule has 0 aliphatic carbocycles. The lowest BCUT2D eigenvalue weighted by molar-refractivity contribution is -0.140. The number of pyridine rings is 1. The molecule has 1 fully saturated rings. The van der Waals surface area contributed by atoms with Crippen LogP contribution in [0.25, 0.3) is 10.9 Å². The van der Waals surface area contributed by atoms with Gasteiger partial charge in [0, 0.05) is 35.5 Å². The number of rotatable bonds is 5. The zero-order valence-corrected chi connectivity index (χ0v) is 15.4. The number of hydrogen-bond acceptors (Lipinski definition) is 3. The van der Waals surface area contributed by atoms with Crippen molar-refractivity contribution in [3.05, 3.63) is 42.1 Å². The Morgan fingerprint density at radius 2 is 2.00 bits per heavy atom. The molecule has 1 amide bonds. The van der Waals surface area contributed by atoms with Crippen LogP contribution >= 0.6 is 0 Å². The first-order valence-corrected chi connectivity index (χ1v) is 9.23. The lowest BCUT2D eigenvalue weighted by atomic mass is 9.86. The summed E-state index contributed by atoms with van der Waals surface area (Å²) in [5.74, 6) is 0.206. The molecule has 0 saturated carbocycles. The zero-order chi connectivity index (χ0) is 18.0. The number of para-hydroxylation sites is 1. The summed E-state index contributed by atoms with van der Waals surface area (Å²) < 4.78 is 0. The highest BCUT2D eigenvalue weighted by Gasteiger charge is 2.39. The summed E-state index contributed by atoms with van der Waals surface area (Å²) in [7, 11) is 0. The molecule has 1 N–H and O–H groups in total. The number of carbonyl (C=O) groups is 1. The van der Waals surface area contributed by atoms with Gasteiger partial charge >= 0.3 is 0 Å². The fraction of sp³-hybridized carbons (Fsp3) is 0.524. The maximum Gasteiger partial charge on any atom is 0.228 e. The van der Waals surface area contributed by atoms with Gasteiger partial charge in [0.2, 0.25) is 5.91 Å². The number of likely N-dealkylation sites (tertiary alicyclic amines) is 1. The monoisotopic (exact) mass is 340 g/mol. The molecule has 0 radical (unpaired) electrons. The van der Waals surface area contributed by atoms with Gasteiger partial charge < -0.3 is 10.0 Å². The van der Waals surface area contributed by atoms with Crippen molar-refractivity contribution in [3.63, 3.8) is 0 Å². The minimum atomic E-state index is -0.477. The number of benzene rings is 1. The summed E-state index contributed by atoms with van der Waals surface area (Å²) in [6.07, 6.45) is 2.08. The SMILES string of the molecule is CCCC(C)(C)C(=O)N1C[C@@H](Cc2ccc3ccccc3n2)[C@H](O)C1. The fourth-order valence-electron chi connectivity index (χ4n) is 3.87. The van der Waals surface area contributed by atoms with Crippen LogP contribution in [0.5, 0.6) is 0 Å². The summed E-state index contributed by atoms with van der Waals surface area (Å²) in [5, 5.41) is 11.6. The Labute approximate surface area is 149 Å². The first-order valence-electron chi connectivity index (χ1n) is 9.23. The molecule has 1 aliphatic rings. The molecule has 25 heavy (non-hydrogen) atoms. The number of fused-ring (bicyclic) bond motifs is 1. The van der Waals surface area contributed by atoms with Crippen LogP contribution in [0, 0.1) is 11.3 Å². The minimum Gasteiger partial charge on any atom is -0.391 e. The highest BCUT2D eigenvalue weighted by molar-refractivity contribution is 5.82. The molecule has 2 atom stereocenters. The number of nitrogens with zero attached hydrogens (tertiary/aromatic N) is 2. The van der Waals surface area contributed by atoms with Gasteiger partial charge in [-0.2, -0.15) is 0 Å². The normalized spacial score (nSPS) is 21.0. The Balaban J connectivity index is 1.70. The second kappa shape index (κ2) is 7.12. The van der Waals surface area contributed by atoms with E-state index in [-0.39, 0.29) is 17.2 Å². The number of aliphatic hydroxyl groups excluding tert-OH is 1. The van der Waals surface area contributed by atoms with E-state index >= 15 is 0 Å². The van der Waals surface area contributed by atoms with Crippen molar-refractivity contribution in [2.24, 2.45) is 11.3 Å². The number of carbonyl (C=O) groups excluding carboxylic acids is 1. The average Bonchev–Trinajstić information content (AvgIpc) is 2.94. The Hall–Kier alpha value is -1.94. The van der Waals surface area contributed by atoms with Crippen molar-refractivity contribution in [1.82, 2.24) is 9.88 Å². The van der Waals surface area contributed by atoms with Crippen molar-refractivity contribution < 1.29 is 9.90 Å². The third-order valence-corrected chi connectivity index (χ3v) is 5.28. The van der Waals surface area contributed by atoms with Crippen molar-refractivity contribution in [1.29, 1.82) is 0 Å². The summed E-state index contributed by atoms with van der Waals surface area (Å²) in [6.45, 7) is 7.15. The van der Waals surface area contributed by atoms with Crippen LogP contribution in [0.3, 0.4) is 0 Å². The van der Waals surface area contributed by atoms with Gasteiger partial charge in [-0.25, -0.2) is 0 Å². The van der Waals surface area contributed by atoms with Crippen molar-refractivity contribution in [2.45, 2.75) is 46.1 Å². The molecule has 1 aliphatic heterocycles. The quantitative estimate of drug-likeness (QED) is 0.907. The van der Waals surface area contributed by atoms with Crippen LogP contribution in [0.1, 0.15) is 39.3 Å². The second-order valence-electron chi connectivity index (χ2n) is 7.87. The van der Waals surface area contributed by atoms with E-state index in [0.717, 1.165) is 29.4 Å². The van der Waals surface area contributed by atoms with E-state index < -0.39 is 6.10 Å². The first-order chi connectivity index (χ1) is 11.9. The van der Waals surface area contributed by atoms with Gasteiger partial charge in [-0.1, -0.05) is 51.5 Å². The second-order valence-corrected chi connectivity index (χ2v) is 7.87. The number of aromatic nitrogens is 1. The molecule has 3 rings (SSSR count). The van der Waals surface area contributed by atoms with Gasteiger partial charge in [-0.15, -0.1) is 0 Å². The van der Waals surface area contributed by atoms with Gasteiger partial charge in [0.25, 0.3) is 0 Å². The van der Waals surface area contributed by atoms with E-state index in [0.29, 0.717) is 19.5 Å². The van der Waals surface area contributed by atoms with Crippen LogP contribution in [-0.2, 0) is 11.2 Å². The molecule has 134 valence electrons. The highest BCUT2D eigenvalue weighted by Crippen LogP contribution is 2.30. The summed E-state index contributed by atoms with van der Waals surface area (Å²) >= 11 is 0. The van der Waals surface area contributed by atoms with Crippen molar-refractivity contribution in [3.8, 4) is 0 Å². The standard InChI is InChI=1S/C21H28N2O2/c1-4-11-21(2,3)20(25)23-13-16(19(24)14-23)12-17-10-9-15-7-5-6-8-18(15)22-17/h5-10,16,19,24H,4,11-14H2,1-3H3/t16-,19-/m1/s1. The van der Waals surface area contributed by atoms with E-state index in [2.05, 4.69) is 13.0 Å². The van der Waals surface area contributed by atoms with E-state index in [1.54, 1.807) is 0 Å². The molecule has 1 aromatic heterocycles. The Morgan fingerprint density at radius 1 is 1.24 bits per heavy atom. The molecule has 2 aromatic rings. The summed E-state index contributed by atoms with van der Waals surface area (Å²) in [5.41, 5.74) is 1.60. The molecule has 1 saturated heterocycles. The maximum atomic E-state index is 12.8. The van der Waals surface area contributed by atoms with E-state index in [1.165, 1.54) is 0 Å². The molecule has 0 unspecified atom stereocenters. The largest absolute Gasteiger partial charge is 0.391 e. The Kier molecular flexibility index (Phi) is 5.09. The smallest absolute Gasteiger partial charge is 0.228 e. The summed E-state index contributed by atoms with van der Waals surface area (Å²) in [6, 6.07) is 12.2. The fourth-order valence-corrected chi connectivity index (χ4v) is 3.87. The molecular weight excluding hydrogens is 312 g/mol. The van der Waals surface area contributed by atoms with Gasteiger partial charge in [0.15, 0.2) is 0 Å². The van der Waals surface area contributed by atoms with Crippen LogP contribution < -0.4 is 0 Å². The predicted molar refractivity (Wildman–Crippen MR) is 100 cm³/mol. The van der Waals surface area contributed by atoms with Crippen LogP contribution in [-0.4, -0.2) is 40.1 Å². The average molecular weight is 340 g/mol. The Bertz CT molecular complexity index is 756. The van der Waals surface area contributed by atoms with Crippen molar-refractivity contribution >= 4 is 16.8 Å². The topological polar surface area (TPSA) is 53.4 Å². The van der Waals surface area contributed by atoms with Crippen molar-refractivity contribution in [2.75, 3.05) is 13.1 Å². The third kappa shape index (κ3) is 3.84. The lowest BCUT2D eigenvalue weighted by Crippen LogP contribution is -2.40. The predicted octanol–water partition coefficient (Wildman–Crippen LogP) is 3.42. The number of amides is 1. The molecule has 4 heteroatoms. The van der Waals surface area contributed by atoms with E-state index in [1.807, 2.05) is 49.1 Å². The van der Waals surface area contributed by atoms with Crippen LogP contribution in [0.2, 0.25) is 0 Å². The Morgan fingerprint density at radius 3 is 2.76 bits per heavy atom. The molecule has 4 nitrogen and oxygen atoms in total. The van der Waals surface area contributed by atoms with Gasteiger partial charge in [-0.05, 0) is 25.0 Å². The molecule has 0 spiro atoms.